The number of nitriles is 1. The smallest absolute Gasteiger partial charge is 0.205 e. The predicted molar refractivity (Wildman–Crippen MR) is 186 cm³/mol. The van der Waals surface area contributed by atoms with Gasteiger partial charge in [0.15, 0.2) is 14.0 Å². The highest BCUT2D eigenvalue weighted by Crippen LogP contribution is 2.36. The summed E-state index contributed by atoms with van der Waals surface area (Å²) >= 11 is 6.84. The number of ketones is 1. The summed E-state index contributed by atoms with van der Waals surface area (Å²) in [7, 11) is -1.21. The molecular formula is C34H41Br2N3O5Si. The molecule has 2 fully saturated rings. The summed E-state index contributed by atoms with van der Waals surface area (Å²) in [6.07, 6.45) is 7.22. The lowest BCUT2D eigenvalue weighted by atomic mass is 9.87. The number of carbonyl (C=O) groups excluding carboxylic acids is 1. The van der Waals surface area contributed by atoms with Gasteiger partial charge in [-0.1, -0.05) is 31.9 Å². The van der Waals surface area contributed by atoms with E-state index in [4.69, 9.17) is 24.2 Å². The van der Waals surface area contributed by atoms with E-state index >= 15 is 0 Å². The number of benzene rings is 2. The van der Waals surface area contributed by atoms with E-state index < -0.39 is 8.24 Å². The van der Waals surface area contributed by atoms with E-state index in [1.165, 1.54) is 0 Å². The van der Waals surface area contributed by atoms with Gasteiger partial charge in [0.2, 0.25) is 6.19 Å². The van der Waals surface area contributed by atoms with Crippen LogP contribution in [0.4, 0.5) is 0 Å². The Morgan fingerprint density at radius 1 is 0.822 bits per heavy atom. The van der Waals surface area contributed by atoms with Crippen molar-refractivity contribution in [2.45, 2.75) is 70.4 Å². The highest BCUT2D eigenvalue weighted by molar-refractivity contribution is 9.10. The van der Waals surface area contributed by atoms with Crippen LogP contribution in [0.25, 0.3) is 0 Å². The highest BCUT2D eigenvalue weighted by atomic mass is 79.9. The lowest BCUT2D eigenvalue weighted by molar-refractivity contribution is 0.0120. The molecule has 2 atom stereocenters. The minimum atomic E-state index is -1.21. The van der Waals surface area contributed by atoms with Gasteiger partial charge in [-0.25, -0.2) is 0 Å². The summed E-state index contributed by atoms with van der Waals surface area (Å²) in [6, 6.07) is 11.5. The number of fused-ring (bicyclic) bond motifs is 2. The van der Waals surface area contributed by atoms with Gasteiger partial charge in [0.25, 0.3) is 0 Å². The van der Waals surface area contributed by atoms with E-state index in [0.29, 0.717) is 30.2 Å². The summed E-state index contributed by atoms with van der Waals surface area (Å²) in [6.45, 7) is 13.0. The molecule has 0 aliphatic carbocycles. The standard InChI is InChI=1S/C15H15BrN2O2.C14H15BrO3.C5H11NSi/c16-11-1-2-14-12(7-11)13(18-9-17)8-15(20-14)10-3-5-19-6-4-10;15-10-1-2-13-11(7-10)12(16)8-14(18-13)9-3-5-17-6-4-9;1-5-6-7(2,3)4/h1-2,7,10,15H,3-6,8H2;1-2,7,9,14H,3-6,8H2;1H2,2-4H3. The largest absolute Gasteiger partial charge is 0.489 e. The average Bonchev–Trinajstić information content (AvgIpc) is 3.02. The zero-order valence-corrected chi connectivity index (χ0v) is 30.4. The number of ether oxygens (including phenoxy) is 4. The molecule has 0 N–H and O–H groups in total. The molecule has 2 aromatic carbocycles. The zero-order chi connectivity index (χ0) is 32.4. The van der Waals surface area contributed by atoms with Gasteiger partial charge in [0.05, 0.1) is 11.3 Å². The van der Waals surface area contributed by atoms with Gasteiger partial charge in [-0.3, -0.25) is 9.45 Å². The predicted octanol–water partition coefficient (Wildman–Crippen LogP) is 8.18. The second-order valence-corrected chi connectivity index (χ2v) is 18.8. The number of hydrogen-bond donors (Lipinski definition) is 0. The molecular weight excluding hydrogens is 718 g/mol. The normalized spacial score (nSPS) is 22.4. The lowest BCUT2D eigenvalue weighted by Gasteiger charge is -2.34. The number of halogens is 2. The van der Waals surface area contributed by atoms with Crippen molar-refractivity contribution in [2.75, 3.05) is 26.4 Å². The van der Waals surface area contributed by atoms with Crippen molar-refractivity contribution in [1.29, 1.82) is 5.26 Å². The number of hydrogen-bond acceptors (Lipinski definition) is 8. The number of rotatable bonds is 3. The molecule has 240 valence electrons. The second-order valence-electron chi connectivity index (χ2n) is 12.4. The lowest BCUT2D eigenvalue weighted by Crippen LogP contribution is -2.37. The Kier molecular flexibility index (Phi) is 13.2. The van der Waals surface area contributed by atoms with Crippen molar-refractivity contribution in [3.63, 3.8) is 0 Å². The maximum absolute atomic E-state index is 12.2. The van der Waals surface area contributed by atoms with Crippen molar-refractivity contribution in [2.24, 2.45) is 21.5 Å². The Morgan fingerprint density at radius 3 is 1.78 bits per heavy atom. The fourth-order valence-electron chi connectivity index (χ4n) is 5.76. The van der Waals surface area contributed by atoms with Crippen LogP contribution in [0.3, 0.4) is 0 Å². The fourth-order valence-corrected chi connectivity index (χ4v) is 6.96. The number of Topliss-reactive ketones (excluding diaryl/α,β-unsaturated/α-hetero) is 1. The topological polar surface area (TPSA) is 102 Å². The quantitative estimate of drug-likeness (QED) is 0.178. The van der Waals surface area contributed by atoms with Crippen LogP contribution in [-0.4, -0.2) is 64.2 Å². The van der Waals surface area contributed by atoms with Crippen molar-refractivity contribution >= 4 is 57.5 Å². The third-order valence-electron chi connectivity index (χ3n) is 8.02. The summed E-state index contributed by atoms with van der Waals surface area (Å²) in [5.74, 6) is 5.21. The first-order valence-corrected chi connectivity index (χ1v) is 20.4. The third kappa shape index (κ3) is 10.5. The van der Waals surface area contributed by atoms with Crippen molar-refractivity contribution in [3.05, 3.63) is 63.0 Å². The van der Waals surface area contributed by atoms with E-state index in [0.717, 1.165) is 83.8 Å². The SMILES string of the molecule is C=C=N[Si](C)(C)C.N#CN=C1CC(C2CCOCC2)Oc2ccc(Br)cc21.O=C1CC(C2CCOCC2)Oc2ccc(Br)cc21. The van der Waals surface area contributed by atoms with Gasteiger partial charge in [-0.2, -0.15) is 10.3 Å². The monoisotopic (exact) mass is 757 g/mol. The molecule has 0 saturated carbocycles. The Labute approximate surface area is 284 Å². The van der Waals surface area contributed by atoms with E-state index in [-0.39, 0.29) is 18.0 Å². The molecule has 2 unspecified atom stereocenters. The molecule has 2 aromatic rings. The molecule has 0 bridgehead atoms. The van der Waals surface area contributed by atoms with Crippen LogP contribution in [-0.2, 0) is 9.47 Å². The molecule has 4 aliphatic heterocycles. The maximum atomic E-state index is 12.2. The van der Waals surface area contributed by atoms with E-state index in [1.54, 1.807) is 0 Å². The number of aliphatic imine (C=N–C) groups is 1. The van der Waals surface area contributed by atoms with Crippen LogP contribution < -0.4 is 9.47 Å². The Morgan fingerprint density at radius 2 is 1.31 bits per heavy atom. The molecule has 0 radical (unpaired) electrons. The minimum Gasteiger partial charge on any atom is -0.489 e. The molecule has 0 aromatic heterocycles. The van der Waals surface area contributed by atoms with Gasteiger partial charge in [-0.15, -0.1) is 0 Å². The number of carbonyl (C=O) groups is 1. The van der Waals surface area contributed by atoms with Gasteiger partial charge in [0.1, 0.15) is 23.7 Å². The molecule has 45 heavy (non-hydrogen) atoms. The molecule has 0 spiro atoms. The minimum absolute atomic E-state index is 0.0232. The fraction of sp³-hybridized carbons (Fsp3) is 0.500. The molecule has 4 aliphatic rings. The van der Waals surface area contributed by atoms with Gasteiger partial charge < -0.3 is 18.9 Å². The third-order valence-corrected chi connectivity index (χ3v) is 9.83. The first-order chi connectivity index (χ1) is 21.6. The first-order valence-electron chi connectivity index (χ1n) is 15.4. The van der Waals surface area contributed by atoms with Crippen molar-refractivity contribution in [3.8, 4) is 17.7 Å². The van der Waals surface area contributed by atoms with Crippen LogP contribution >= 0.6 is 31.9 Å². The van der Waals surface area contributed by atoms with Crippen LogP contribution in [0.2, 0.25) is 19.6 Å². The van der Waals surface area contributed by atoms with Crippen LogP contribution in [0.15, 0.2) is 61.6 Å². The second kappa shape index (κ2) is 16.8. The average molecular weight is 760 g/mol. The van der Waals surface area contributed by atoms with Crippen molar-refractivity contribution < 1.29 is 23.7 Å². The molecule has 0 amide bonds. The maximum Gasteiger partial charge on any atom is 0.205 e. The van der Waals surface area contributed by atoms with Crippen LogP contribution in [0, 0.1) is 23.3 Å². The Bertz CT molecular complexity index is 1450. The summed E-state index contributed by atoms with van der Waals surface area (Å²) in [4.78, 5) is 16.2. The summed E-state index contributed by atoms with van der Waals surface area (Å²) in [5, 5.41) is 8.90. The molecule has 6 rings (SSSR count). The zero-order valence-electron chi connectivity index (χ0n) is 26.2. The van der Waals surface area contributed by atoms with Gasteiger partial charge >= 0.3 is 0 Å². The Hall–Kier alpha value is -2.58. The number of nitrogens with zero attached hydrogens (tertiary/aromatic N) is 3. The summed E-state index contributed by atoms with van der Waals surface area (Å²) in [5.41, 5.74) is 2.45. The molecule has 4 heterocycles. The van der Waals surface area contributed by atoms with Crippen LogP contribution in [0.1, 0.15) is 54.4 Å². The van der Waals surface area contributed by atoms with Gasteiger partial charge in [0, 0.05) is 65.6 Å². The first kappa shape index (κ1) is 35.3. The summed E-state index contributed by atoms with van der Waals surface area (Å²) < 4.78 is 28.8. The van der Waals surface area contributed by atoms with Crippen molar-refractivity contribution in [1.82, 2.24) is 0 Å². The van der Waals surface area contributed by atoms with Gasteiger partial charge in [-0.05, 0) is 94.2 Å². The highest BCUT2D eigenvalue weighted by Gasteiger charge is 2.34. The van der Waals surface area contributed by atoms with E-state index in [9.17, 15) is 4.79 Å². The Balaban J connectivity index is 0.000000171. The molecule has 11 heteroatoms. The van der Waals surface area contributed by atoms with Crippen LogP contribution in [0.5, 0.6) is 11.5 Å². The molecule has 8 nitrogen and oxygen atoms in total. The van der Waals surface area contributed by atoms with E-state index in [2.05, 4.69) is 73.6 Å². The van der Waals surface area contributed by atoms with E-state index in [1.807, 2.05) is 42.6 Å². The molecule has 2 saturated heterocycles.